The van der Waals surface area contributed by atoms with E-state index in [9.17, 15) is 4.79 Å². The number of amides is 1. The van der Waals surface area contributed by atoms with Gasteiger partial charge in [0.05, 0.1) is 0 Å². The molecule has 0 aliphatic rings. The lowest BCUT2D eigenvalue weighted by molar-refractivity contribution is 0.0979. The summed E-state index contributed by atoms with van der Waals surface area (Å²) in [4.78, 5) is 12.6. The number of thiocarbonyl (C=S) groups is 1. The van der Waals surface area contributed by atoms with Crippen molar-refractivity contribution >= 4 is 55.6 Å². The Hall–Kier alpha value is -2.24. The summed E-state index contributed by atoms with van der Waals surface area (Å²) in [6.45, 7) is 1.98. The third kappa shape index (κ3) is 3.47. The van der Waals surface area contributed by atoms with Gasteiger partial charge in [-0.3, -0.25) is 10.1 Å². The quantitative estimate of drug-likeness (QED) is 0.594. The Morgan fingerprint density at radius 2 is 1.67 bits per heavy atom. The summed E-state index contributed by atoms with van der Waals surface area (Å²) >= 11 is 8.78. The average Bonchev–Trinajstić information content (AvgIpc) is 2.57. The van der Waals surface area contributed by atoms with Gasteiger partial charge in [0.2, 0.25) is 0 Å². The van der Waals surface area contributed by atoms with Crippen molar-refractivity contribution in [1.82, 2.24) is 5.32 Å². The van der Waals surface area contributed by atoms with Crippen LogP contribution >= 0.6 is 28.1 Å². The number of rotatable bonds is 2. The van der Waals surface area contributed by atoms with Crippen LogP contribution in [0.1, 0.15) is 15.9 Å². The first-order valence-electron chi connectivity index (χ1n) is 7.41. The minimum atomic E-state index is -0.232. The molecule has 0 saturated carbocycles. The molecule has 24 heavy (non-hydrogen) atoms. The molecular formula is C19H15BrN2OS. The number of carbonyl (C=O) groups excluding carboxylic acids is 1. The highest BCUT2D eigenvalue weighted by Crippen LogP contribution is 2.26. The van der Waals surface area contributed by atoms with E-state index in [2.05, 4.69) is 26.6 Å². The highest BCUT2D eigenvalue weighted by atomic mass is 79.9. The van der Waals surface area contributed by atoms with Crippen molar-refractivity contribution in [3.05, 3.63) is 76.3 Å². The lowest BCUT2D eigenvalue weighted by Crippen LogP contribution is -2.34. The standard InChI is InChI=1S/C19H15BrN2OS/c1-12-6-2-3-11-17(12)21-19(24)22-18(23)15-9-4-8-14-13(15)7-5-10-16(14)20/h2-11H,1H3,(H2,21,22,23,24). The Balaban J connectivity index is 1.82. The molecule has 0 atom stereocenters. The van der Waals surface area contributed by atoms with E-state index in [4.69, 9.17) is 12.2 Å². The third-order valence-corrected chi connectivity index (χ3v) is 4.63. The molecule has 0 bridgehead atoms. The van der Waals surface area contributed by atoms with Crippen LogP contribution in [0.4, 0.5) is 5.69 Å². The molecule has 0 aromatic heterocycles. The average molecular weight is 399 g/mol. The molecule has 3 rings (SSSR count). The first-order chi connectivity index (χ1) is 11.6. The van der Waals surface area contributed by atoms with E-state index in [-0.39, 0.29) is 11.0 Å². The van der Waals surface area contributed by atoms with Crippen molar-refractivity contribution in [3.63, 3.8) is 0 Å². The molecular weight excluding hydrogens is 384 g/mol. The largest absolute Gasteiger partial charge is 0.332 e. The van der Waals surface area contributed by atoms with Crippen LogP contribution < -0.4 is 10.6 Å². The number of hydrogen-bond donors (Lipinski definition) is 2. The van der Waals surface area contributed by atoms with Gasteiger partial charge in [0.25, 0.3) is 5.91 Å². The van der Waals surface area contributed by atoms with Gasteiger partial charge in [0.1, 0.15) is 0 Å². The van der Waals surface area contributed by atoms with Crippen molar-refractivity contribution in [3.8, 4) is 0 Å². The first kappa shape index (κ1) is 16.6. The maximum Gasteiger partial charge on any atom is 0.258 e. The number of halogens is 1. The van der Waals surface area contributed by atoms with Gasteiger partial charge in [-0.1, -0.05) is 58.4 Å². The van der Waals surface area contributed by atoms with E-state index in [1.54, 1.807) is 6.07 Å². The molecule has 2 N–H and O–H groups in total. The maximum atomic E-state index is 12.6. The lowest BCUT2D eigenvalue weighted by Gasteiger charge is -2.12. The number of para-hydroxylation sites is 1. The summed E-state index contributed by atoms with van der Waals surface area (Å²) < 4.78 is 0.954. The number of nitrogens with one attached hydrogen (secondary N) is 2. The molecule has 0 aliphatic carbocycles. The molecule has 5 heteroatoms. The molecule has 0 unspecified atom stereocenters. The summed E-state index contributed by atoms with van der Waals surface area (Å²) in [6, 6.07) is 19.2. The van der Waals surface area contributed by atoms with Crippen LogP contribution in [0.3, 0.4) is 0 Å². The van der Waals surface area contributed by atoms with Crippen LogP contribution in [0.15, 0.2) is 65.1 Å². The van der Waals surface area contributed by atoms with Crippen molar-refractivity contribution in [2.24, 2.45) is 0 Å². The predicted octanol–water partition coefficient (Wildman–Crippen LogP) is 5.04. The van der Waals surface area contributed by atoms with E-state index >= 15 is 0 Å². The summed E-state index contributed by atoms with van der Waals surface area (Å²) in [5.41, 5.74) is 2.52. The first-order valence-corrected chi connectivity index (χ1v) is 8.61. The Morgan fingerprint density at radius 1 is 0.958 bits per heavy atom. The fourth-order valence-electron chi connectivity index (χ4n) is 2.51. The Kier molecular flexibility index (Phi) is 4.92. The molecule has 1 amide bonds. The van der Waals surface area contributed by atoms with E-state index in [1.165, 1.54) is 0 Å². The minimum Gasteiger partial charge on any atom is -0.332 e. The predicted molar refractivity (Wildman–Crippen MR) is 107 cm³/mol. The van der Waals surface area contributed by atoms with Crippen LogP contribution in [-0.2, 0) is 0 Å². The monoisotopic (exact) mass is 398 g/mol. The number of hydrogen-bond acceptors (Lipinski definition) is 2. The maximum absolute atomic E-state index is 12.6. The van der Waals surface area contributed by atoms with Gasteiger partial charge in [-0.05, 0) is 53.7 Å². The van der Waals surface area contributed by atoms with Crippen molar-refractivity contribution in [2.45, 2.75) is 6.92 Å². The molecule has 3 aromatic rings. The van der Waals surface area contributed by atoms with E-state index in [0.717, 1.165) is 26.5 Å². The zero-order valence-electron chi connectivity index (χ0n) is 13.0. The van der Waals surface area contributed by atoms with Crippen LogP contribution in [0, 0.1) is 6.92 Å². The van der Waals surface area contributed by atoms with Crippen molar-refractivity contribution < 1.29 is 4.79 Å². The van der Waals surface area contributed by atoms with Crippen LogP contribution in [0.2, 0.25) is 0 Å². The fraction of sp³-hybridized carbons (Fsp3) is 0.0526. The third-order valence-electron chi connectivity index (χ3n) is 3.73. The summed E-state index contributed by atoms with van der Waals surface area (Å²) in [5, 5.41) is 7.96. The van der Waals surface area contributed by atoms with E-state index in [0.29, 0.717) is 5.56 Å². The Bertz CT molecular complexity index is 940. The molecule has 0 spiro atoms. The number of carbonyl (C=O) groups is 1. The molecule has 0 radical (unpaired) electrons. The van der Waals surface area contributed by atoms with E-state index < -0.39 is 0 Å². The normalized spacial score (nSPS) is 10.4. The number of anilines is 1. The summed E-state index contributed by atoms with van der Waals surface area (Å²) in [6.07, 6.45) is 0. The smallest absolute Gasteiger partial charge is 0.258 e. The van der Waals surface area contributed by atoms with Crippen LogP contribution in [0.25, 0.3) is 10.8 Å². The zero-order chi connectivity index (χ0) is 17.1. The molecule has 0 aliphatic heterocycles. The van der Waals surface area contributed by atoms with Gasteiger partial charge < -0.3 is 5.32 Å². The SMILES string of the molecule is Cc1ccccc1NC(=S)NC(=O)c1cccc2c(Br)cccc12. The van der Waals surface area contributed by atoms with Gasteiger partial charge in [-0.15, -0.1) is 0 Å². The highest BCUT2D eigenvalue weighted by Gasteiger charge is 2.12. The van der Waals surface area contributed by atoms with E-state index in [1.807, 2.05) is 61.5 Å². The molecule has 0 heterocycles. The van der Waals surface area contributed by atoms with Crippen LogP contribution in [0.5, 0.6) is 0 Å². The van der Waals surface area contributed by atoms with Gasteiger partial charge in [-0.25, -0.2) is 0 Å². The number of fused-ring (bicyclic) bond motifs is 1. The molecule has 0 saturated heterocycles. The topological polar surface area (TPSA) is 41.1 Å². The molecule has 0 fully saturated rings. The number of benzene rings is 3. The van der Waals surface area contributed by atoms with Crippen molar-refractivity contribution in [2.75, 3.05) is 5.32 Å². The molecule has 120 valence electrons. The second-order valence-corrected chi connectivity index (χ2v) is 6.63. The van der Waals surface area contributed by atoms with Gasteiger partial charge >= 0.3 is 0 Å². The minimum absolute atomic E-state index is 0.232. The highest BCUT2D eigenvalue weighted by molar-refractivity contribution is 9.10. The number of aryl methyl sites for hydroxylation is 1. The second kappa shape index (κ2) is 7.11. The van der Waals surface area contributed by atoms with Gasteiger partial charge in [0.15, 0.2) is 5.11 Å². The summed E-state index contributed by atoms with van der Waals surface area (Å²) in [5.74, 6) is -0.232. The Labute approximate surface area is 154 Å². The second-order valence-electron chi connectivity index (χ2n) is 5.36. The molecule has 3 aromatic carbocycles. The fourth-order valence-corrected chi connectivity index (χ4v) is 3.21. The Morgan fingerprint density at radius 3 is 2.46 bits per heavy atom. The van der Waals surface area contributed by atoms with Crippen LogP contribution in [-0.4, -0.2) is 11.0 Å². The van der Waals surface area contributed by atoms with Crippen molar-refractivity contribution in [1.29, 1.82) is 0 Å². The lowest BCUT2D eigenvalue weighted by atomic mass is 10.0. The molecule has 3 nitrogen and oxygen atoms in total. The van der Waals surface area contributed by atoms with Gasteiger partial charge in [-0.2, -0.15) is 0 Å². The van der Waals surface area contributed by atoms with Gasteiger partial charge in [0, 0.05) is 15.7 Å². The zero-order valence-corrected chi connectivity index (χ0v) is 15.4. The summed E-state index contributed by atoms with van der Waals surface area (Å²) in [7, 11) is 0.